The van der Waals surface area contributed by atoms with Crippen molar-refractivity contribution < 1.29 is 19.8 Å². The SMILES string of the molecule is CC1=NN(c2ccc(C(=O)O)cc2)C(=O)/C1=C/c1cc(C(C)(C)C)c(O)c(C(C)(C)C)c1. The molecule has 168 valence electrons. The number of carbonyl (C=O) groups is 2. The molecule has 0 fully saturated rings. The zero-order valence-electron chi connectivity index (χ0n) is 19.6. The molecule has 0 radical (unpaired) electrons. The maximum Gasteiger partial charge on any atom is 0.335 e. The van der Waals surface area contributed by atoms with Crippen LogP contribution in [-0.4, -0.2) is 27.8 Å². The molecule has 0 aromatic heterocycles. The van der Waals surface area contributed by atoms with Crippen molar-refractivity contribution in [1.29, 1.82) is 0 Å². The fourth-order valence-electron chi connectivity index (χ4n) is 3.65. The average molecular weight is 435 g/mol. The number of rotatable bonds is 3. The van der Waals surface area contributed by atoms with E-state index in [9.17, 15) is 14.7 Å². The first kappa shape index (κ1) is 23.3. The number of phenols is 1. The van der Waals surface area contributed by atoms with Gasteiger partial charge in [-0.3, -0.25) is 4.79 Å². The van der Waals surface area contributed by atoms with Gasteiger partial charge in [0.25, 0.3) is 5.91 Å². The van der Waals surface area contributed by atoms with Crippen molar-refractivity contribution in [3.05, 3.63) is 64.2 Å². The third kappa shape index (κ3) is 4.44. The number of aromatic hydroxyl groups is 1. The van der Waals surface area contributed by atoms with Crippen LogP contribution in [0.25, 0.3) is 6.08 Å². The minimum Gasteiger partial charge on any atom is -0.507 e. The Morgan fingerprint density at radius 2 is 1.47 bits per heavy atom. The van der Waals surface area contributed by atoms with Crippen LogP contribution in [0.3, 0.4) is 0 Å². The Balaban J connectivity index is 2.06. The summed E-state index contributed by atoms with van der Waals surface area (Å²) in [4.78, 5) is 24.2. The number of aromatic carboxylic acids is 1. The molecule has 0 unspecified atom stereocenters. The highest BCUT2D eigenvalue weighted by atomic mass is 16.4. The zero-order chi connectivity index (χ0) is 24.0. The number of nitrogens with zero attached hydrogens (tertiary/aromatic N) is 2. The van der Waals surface area contributed by atoms with Gasteiger partial charge in [-0.05, 0) is 65.8 Å². The number of hydrogen-bond donors (Lipinski definition) is 2. The van der Waals surface area contributed by atoms with Gasteiger partial charge in [-0.2, -0.15) is 10.1 Å². The van der Waals surface area contributed by atoms with Gasteiger partial charge in [0.15, 0.2) is 0 Å². The quantitative estimate of drug-likeness (QED) is 0.625. The van der Waals surface area contributed by atoms with E-state index in [-0.39, 0.29) is 28.1 Å². The van der Waals surface area contributed by atoms with Gasteiger partial charge in [0.1, 0.15) is 5.75 Å². The predicted octanol–water partition coefficient (Wildman–Crippen LogP) is 5.49. The molecule has 2 N–H and O–H groups in total. The highest BCUT2D eigenvalue weighted by Gasteiger charge is 2.30. The standard InChI is InChI=1S/C26H30N2O4/c1-15-19(23(30)28(27-15)18-10-8-17(9-11-18)24(31)32)12-16-13-20(25(2,3)4)22(29)21(14-16)26(5,6)7/h8-14,29H,1-7H3,(H,31,32)/b19-12+. The minimum atomic E-state index is -1.03. The van der Waals surface area contributed by atoms with Crippen LogP contribution in [0.2, 0.25) is 0 Å². The number of carboxylic acids is 1. The summed E-state index contributed by atoms with van der Waals surface area (Å²) in [6, 6.07) is 9.87. The van der Waals surface area contributed by atoms with Gasteiger partial charge in [0.05, 0.1) is 22.5 Å². The lowest BCUT2D eigenvalue weighted by Crippen LogP contribution is -2.21. The summed E-state index contributed by atoms with van der Waals surface area (Å²) in [7, 11) is 0. The number of carbonyl (C=O) groups excluding carboxylic acids is 1. The fourth-order valence-corrected chi connectivity index (χ4v) is 3.65. The summed E-state index contributed by atoms with van der Waals surface area (Å²) >= 11 is 0. The topological polar surface area (TPSA) is 90.2 Å². The second-order valence-electron chi connectivity index (χ2n) is 10.2. The molecule has 1 heterocycles. The molecule has 1 aliphatic rings. The van der Waals surface area contributed by atoms with Crippen molar-refractivity contribution in [3.63, 3.8) is 0 Å². The zero-order valence-corrected chi connectivity index (χ0v) is 19.6. The maximum absolute atomic E-state index is 13.1. The van der Waals surface area contributed by atoms with Gasteiger partial charge in [-0.25, -0.2) is 4.79 Å². The summed E-state index contributed by atoms with van der Waals surface area (Å²) < 4.78 is 0. The molecule has 0 saturated carbocycles. The first-order chi connectivity index (χ1) is 14.7. The maximum atomic E-state index is 13.1. The van der Waals surface area contributed by atoms with Crippen LogP contribution in [0.5, 0.6) is 5.75 Å². The molecular formula is C26H30N2O4. The van der Waals surface area contributed by atoms with E-state index < -0.39 is 5.97 Å². The second-order valence-corrected chi connectivity index (χ2v) is 10.2. The van der Waals surface area contributed by atoms with Crippen LogP contribution in [0.1, 0.15) is 75.5 Å². The molecule has 3 rings (SSSR count). The predicted molar refractivity (Wildman–Crippen MR) is 127 cm³/mol. The summed E-state index contributed by atoms with van der Waals surface area (Å²) in [6.45, 7) is 14.0. The van der Waals surface area contributed by atoms with Crippen LogP contribution in [0, 0.1) is 0 Å². The van der Waals surface area contributed by atoms with Crippen molar-refractivity contribution in [1.82, 2.24) is 0 Å². The van der Waals surface area contributed by atoms with E-state index in [1.165, 1.54) is 17.1 Å². The first-order valence-corrected chi connectivity index (χ1v) is 10.5. The average Bonchev–Trinajstić information content (AvgIpc) is 2.95. The Kier molecular flexibility index (Phi) is 5.77. The molecular weight excluding hydrogens is 404 g/mol. The van der Waals surface area contributed by atoms with Crippen LogP contribution >= 0.6 is 0 Å². The lowest BCUT2D eigenvalue weighted by Gasteiger charge is -2.28. The number of hydrazone groups is 1. The number of benzene rings is 2. The van der Waals surface area contributed by atoms with Gasteiger partial charge in [0.2, 0.25) is 0 Å². The van der Waals surface area contributed by atoms with Crippen LogP contribution < -0.4 is 5.01 Å². The second kappa shape index (κ2) is 7.93. The third-order valence-electron chi connectivity index (χ3n) is 5.48. The van der Waals surface area contributed by atoms with E-state index in [2.05, 4.69) is 5.10 Å². The van der Waals surface area contributed by atoms with E-state index in [0.717, 1.165) is 16.7 Å². The highest BCUT2D eigenvalue weighted by Crippen LogP contribution is 2.40. The largest absolute Gasteiger partial charge is 0.507 e. The molecule has 0 bridgehead atoms. The molecule has 0 spiro atoms. The van der Waals surface area contributed by atoms with E-state index >= 15 is 0 Å². The summed E-state index contributed by atoms with van der Waals surface area (Å²) in [5, 5.41) is 25.7. The minimum absolute atomic E-state index is 0.144. The van der Waals surface area contributed by atoms with E-state index in [1.54, 1.807) is 25.1 Å². The molecule has 6 nitrogen and oxygen atoms in total. The number of hydrogen-bond acceptors (Lipinski definition) is 4. The molecule has 1 aliphatic heterocycles. The molecule has 0 aliphatic carbocycles. The third-order valence-corrected chi connectivity index (χ3v) is 5.48. The van der Waals surface area contributed by atoms with Gasteiger partial charge in [0, 0.05) is 11.1 Å². The Labute approximate surface area is 188 Å². The molecule has 32 heavy (non-hydrogen) atoms. The van der Waals surface area contributed by atoms with Crippen molar-refractivity contribution >= 4 is 29.4 Å². The number of phenolic OH excluding ortho intramolecular Hbond substituents is 1. The van der Waals surface area contributed by atoms with Crippen LogP contribution in [-0.2, 0) is 15.6 Å². The van der Waals surface area contributed by atoms with Crippen molar-refractivity contribution in [2.75, 3.05) is 5.01 Å². The molecule has 0 atom stereocenters. The Bertz CT molecular complexity index is 1110. The Morgan fingerprint density at radius 3 is 1.91 bits per heavy atom. The van der Waals surface area contributed by atoms with Gasteiger partial charge >= 0.3 is 5.97 Å². The van der Waals surface area contributed by atoms with Crippen LogP contribution in [0.4, 0.5) is 5.69 Å². The van der Waals surface area contributed by atoms with E-state index in [4.69, 9.17) is 5.11 Å². The fraction of sp³-hybridized carbons (Fsp3) is 0.346. The lowest BCUT2D eigenvalue weighted by molar-refractivity contribution is -0.114. The van der Waals surface area contributed by atoms with Crippen molar-refractivity contribution in [2.24, 2.45) is 5.10 Å². The van der Waals surface area contributed by atoms with Gasteiger partial charge in [-0.1, -0.05) is 41.5 Å². The molecule has 2 aromatic carbocycles. The first-order valence-electron chi connectivity index (χ1n) is 10.5. The monoisotopic (exact) mass is 434 g/mol. The lowest BCUT2D eigenvalue weighted by atomic mass is 9.78. The summed E-state index contributed by atoms with van der Waals surface area (Å²) in [6.07, 6.45) is 1.80. The number of carboxylic acid groups (broad SMARTS) is 1. The summed E-state index contributed by atoms with van der Waals surface area (Å²) in [5.41, 5.74) is 3.57. The van der Waals surface area contributed by atoms with Crippen LogP contribution in [0.15, 0.2) is 47.1 Å². The Morgan fingerprint density at radius 1 is 0.969 bits per heavy atom. The molecule has 2 aromatic rings. The molecule has 1 amide bonds. The van der Waals surface area contributed by atoms with Crippen molar-refractivity contribution in [2.45, 2.75) is 59.3 Å². The molecule has 6 heteroatoms. The highest BCUT2D eigenvalue weighted by molar-refractivity contribution is 6.32. The van der Waals surface area contributed by atoms with Gasteiger partial charge < -0.3 is 10.2 Å². The van der Waals surface area contributed by atoms with E-state index in [1.807, 2.05) is 53.7 Å². The summed E-state index contributed by atoms with van der Waals surface area (Å²) in [5.74, 6) is -1.02. The number of anilines is 1. The Hall–Kier alpha value is -3.41. The smallest absolute Gasteiger partial charge is 0.335 e. The normalized spacial score (nSPS) is 16.0. The number of amides is 1. The van der Waals surface area contributed by atoms with Gasteiger partial charge in [-0.15, -0.1) is 0 Å². The molecule has 0 saturated heterocycles. The van der Waals surface area contributed by atoms with E-state index in [0.29, 0.717) is 17.0 Å². The van der Waals surface area contributed by atoms with Crippen molar-refractivity contribution in [3.8, 4) is 5.75 Å².